The molecule has 0 aliphatic rings. The molecule has 29 heavy (non-hydrogen) atoms. The number of allylic oxidation sites excluding steroid dienone is 4. The van der Waals surface area contributed by atoms with E-state index < -0.39 is 5.97 Å². The Kier molecular flexibility index (Phi) is 32.9. The molecule has 0 aromatic heterocycles. The molecule has 0 spiro atoms. The number of nitrogens with two attached hydrogens (primary N) is 1. The highest BCUT2D eigenvalue weighted by Crippen LogP contribution is 2.08. The standard InChI is InChI=1S/C11H14O2.C9H20N2O.C2H6.CH5N/c1-5-8-9(4)10(6-2)13-11(12)7-3;1-5-11(6-2)8-7-10-9(3)12-4;2*1-2/h5-8H,2-3H2,1,4H3;10H,3,5-8H2,1-2,4H3;1-2H3;2H2,1H3/b8-5-,10-9+;;;. The summed E-state index contributed by atoms with van der Waals surface area (Å²) in [6.07, 6.45) is 6.32. The van der Waals surface area contributed by atoms with Crippen molar-refractivity contribution in [1.82, 2.24) is 10.2 Å². The Balaban J connectivity index is -0.000000184. The van der Waals surface area contributed by atoms with Crippen molar-refractivity contribution in [3.63, 3.8) is 0 Å². The smallest absolute Gasteiger partial charge is 0.335 e. The average Bonchev–Trinajstić information content (AvgIpc) is 2.77. The molecule has 0 unspecified atom stereocenters. The fourth-order valence-corrected chi connectivity index (χ4v) is 1.73. The van der Waals surface area contributed by atoms with Crippen molar-refractivity contribution in [1.29, 1.82) is 0 Å². The lowest BCUT2D eigenvalue weighted by molar-refractivity contribution is -0.133. The van der Waals surface area contributed by atoms with Gasteiger partial charge in [0.2, 0.25) is 0 Å². The van der Waals surface area contributed by atoms with E-state index in [9.17, 15) is 4.79 Å². The van der Waals surface area contributed by atoms with Crippen molar-refractivity contribution in [2.45, 2.75) is 41.5 Å². The molecule has 0 aromatic rings. The molecule has 0 aliphatic heterocycles. The summed E-state index contributed by atoms with van der Waals surface area (Å²) in [4.78, 5) is 13.2. The van der Waals surface area contributed by atoms with Gasteiger partial charge in [-0.15, -0.1) is 0 Å². The largest absolute Gasteiger partial charge is 0.483 e. The maximum absolute atomic E-state index is 10.8. The first-order valence-corrected chi connectivity index (χ1v) is 9.97. The maximum Gasteiger partial charge on any atom is 0.335 e. The van der Waals surface area contributed by atoms with Crippen LogP contribution in [0.4, 0.5) is 0 Å². The van der Waals surface area contributed by atoms with Crippen LogP contribution in [-0.2, 0) is 14.3 Å². The van der Waals surface area contributed by atoms with E-state index in [1.54, 1.807) is 7.11 Å². The molecule has 6 nitrogen and oxygen atoms in total. The lowest BCUT2D eigenvalue weighted by Gasteiger charge is -2.18. The number of hydrogen-bond acceptors (Lipinski definition) is 6. The Morgan fingerprint density at radius 1 is 1.14 bits per heavy atom. The Morgan fingerprint density at radius 2 is 1.66 bits per heavy atom. The van der Waals surface area contributed by atoms with E-state index in [0.29, 0.717) is 11.6 Å². The van der Waals surface area contributed by atoms with E-state index in [0.717, 1.165) is 37.8 Å². The van der Waals surface area contributed by atoms with Gasteiger partial charge in [-0.25, -0.2) is 4.79 Å². The SMILES string of the molecule is C=C(NCCN(CC)CC)OC.C=CC(=O)O/C(C=C)=C(C)/C=C\C.CC.CN. The predicted octanol–water partition coefficient (Wildman–Crippen LogP) is 4.39. The van der Waals surface area contributed by atoms with E-state index in [-0.39, 0.29) is 0 Å². The highest BCUT2D eigenvalue weighted by Gasteiger charge is 2.01. The molecule has 3 N–H and O–H groups in total. The molecule has 0 fully saturated rings. The van der Waals surface area contributed by atoms with Gasteiger partial charge in [-0.2, -0.15) is 0 Å². The minimum absolute atomic E-state index is 0.461. The summed E-state index contributed by atoms with van der Waals surface area (Å²) in [5, 5.41) is 3.07. The van der Waals surface area contributed by atoms with E-state index in [1.165, 1.54) is 13.1 Å². The molecular formula is C23H45N3O3. The van der Waals surface area contributed by atoms with Crippen LogP contribution in [0.1, 0.15) is 41.5 Å². The third-order valence-electron chi connectivity index (χ3n) is 3.26. The summed E-state index contributed by atoms with van der Waals surface area (Å²) < 4.78 is 9.79. The molecule has 0 bridgehead atoms. The summed E-state index contributed by atoms with van der Waals surface area (Å²) in [5.41, 5.74) is 5.35. The van der Waals surface area contributed by atoms with Crippen molar-refractivity contribution in [2.75, 3.05) is 40.3 Å². The number of nitrogens with zero attached hydrogens (tertiary/aromatic N) is 1. The third-order valence-corrected chi connectivity index (χ3v) is 3.26. The zero-order valence-electron chi connectivity index (χ0n) is 20.0. The highest BCUT2D eigenvalue weighted by molar-refractivity contribution is 5.82. The van der Waals surface area contributed by atoms with E-state index in [4.69, 9.17) is 9.47 Å². The monoisotopic (exact) mass is 411 g/mol. The van der Waals surface area contributed by atoms with Crippen LogP contribution < -0.4 is 11.1 Å². The van der Waals surface area contributed by atoms with Gasteiger partial charge in [-0.05, 0) is 52.2 Å². The topological polar surface area (TPSA) is 76.8 Å². The van der Waals surface area contributed by atoms with Gasteiger partial charge in [0.05, 0.1) is 7.11 Å². The number of carbonyl (C=O) groups is 1. The fraction of sp³-hybridized carbons (Fsp3) is 0.522. The van der Waals surface area contributed by atoms with Crippen LogP contribution in [0.15, 0.2) is 61.3 Å². The second-order valence-corrected chi connectivity index (χ2v) is 4.96. The Bertz CT molecular complexity index is 480. The number of nitrogens with one attached hydrogen (secondary N) is 1. The van der Waals surface area contributed by atoms with Crippen LogP contribution in [0.25, 0.3) is 0 Å². The molecule has 6 heteroatoms. The Morgan fingerprint density at radius 3 is 2.00 bits per heavy atom. The molecule has 0 amide bonds. The van der Waals surface area contributed by atoms with Crippen molar-refractivity contribution in [2.24, 2.45) is 5.73 Å². The number of hydrogen-bond donors (Lipinski definition) is 2. The molecule has 0 aliphatic carbocycles. The number of carbonyl (C=O) groups excluding carboxylic acids is 1. The summed E-state index contributed by atoms with van der Waals surface area (Å²) >= 11 is 0. The van der Waals surface area contributed by atoms with Gasteiger partial charge in [0, 0.05) is 19.2 Å². The van der Waals surface area contributed by atoms with Gasteiger partial charge in [0.1, 0.15) is 5.76 Å². The Labute approximate surface area is 179 Å². The average molecular weight is 412 g/mol. The van der Waals surface area contributed by atoms with Gasteiger partial charge < -0.3 is 25.4 Å². The summed E-state index contributed by atoms with van der Waals surface area (Å²) in [5.74, 6) is 0.629. The minimum Gasteiger partial charge on any atom is -0.483 e. The van der Waals surface area contributed by atoms with Crippen molar-refractivity contribution in [3.8, 4) is 0 Å². The number of rotatable bonds is 11. The second-order valence-electron chi connectivity index (χ2n) is 4.96. The fourth-order valence-electron chi connectivity index (χ4n) is 1.73. The molecule has 0 saturated heterocycles. The molecular weight excluding hydrogens is 366 g/mol. The van der Waals surface area contributed by atoms with Gasteiger partial charge in [-0.1, -0.05) is 53.0 Å². The van der Waals surface area contributed by atoms with Crippen LogP contribution in [0.5, 0.6) is 0 Å². The van der Waals surface area contributed by atoms with E-state index >= 15 is 0 Å². The summed E-state index contributed by atoms with van der Waals surface area (Å²) in [7, 11) is 3.12. The molecule has 0 saturated carbocycles. The van der Waals surface area contributed by atoms with Crippen molar-refractivity contribution < 1.29 is 14.3 Å². The van der Waals surface area contributed by atoms with Gasteiger partial charge in [-0.3, -0.25) is 0 Å². The number of likely N-dealkylation sites (N-methyl/N-ethyl adjacent to an activating group) is 1. The Hall–Kier alpha value is -2.31. The quantitative estimate of drug-likeness (QED) is 0.227. The lowest BCUT2D eigenvalue weighted by atomic mass is 10.2. The molecule has 0 aromatic carbocycles. The first-order valence-electron chi connectivity index (χ1n) is 9.97. The zero-order chi connectivity index (χ0) is 23.7. The zero-order valence-corrected chi connectivity index (χ0v) is 20.0. The van der Waals surface area contributed by atoms with Crippen LogP contribution in [0.3, 0.4) is 0 Å². The summed E-state index contributed by atoms with van der Waals surface area (Å²) in [6, 6.07) is 0. The van der Waals surface area contributed by atoms with Gasteiger partial charge in [0.25, 0.3) is 0 Å². The number of esters is 1. The number of ether oxygens (including phenoxy) is 2. The van der Waals surface area contributed by atoms with E-state index in [1.807, 2.05) is 39.8 Å². The lowest BCUT2D eigenvalue weighted by Crippen LogP contribution is -2.31. The molecule has 170 valence electrons. The van der Waals surface area contributed by atoms with Crippen molar-refractivity contribution >= 4 is 5.97 Å². The van der Waals surface area contributed by atoms with E-state index in [2.05, 4.69) is 49.5 Å². The van der Waals surface area contributed by atoms with Crippen molar-refractivity contribution in [3.05, 3.63) is 61.3 Å². The second kappa shape index (κ2) is 27.9. The normalized spacial score (nSPS) is 10.0. The minimum atomic E-state index is -0.473. The molecule has 0 heterocycles. The van der Waals surface area contributed by atoms with Crippen LogP contribution in [-0.4, -0.2) is 51.2 Å². The molecule has 0 rings (SSSR count). The first-order chi connectivity index (χ1) is 13.9. The van der Waals surface area contributed by atoms with Crippen LogP contribution >= 0.6 is 0 Å². The van der Waals surface area contributed by atoms with Crippen LogP contribution in [0.2, 0.25) is 0 Å². The molecule has 0 radical (unpaired) electrons. The maximum atomic E-state index is 10.8. The first kappa shape index (κ1) is 34.2. The summed E-state index contributed by atoms with van der Waals surface area (Å²) in [6.45, 7) is 26.7. The van der Waals surface area contributed by atoms with Gasteiger partial charge in [0.15, 0.2) is 5.88 Å². The van der Waals surface area contributed by atoms with Crippen LogP contribution in [0, 0.1) is 0 Å². The van der Waals surface area contributed by atoms with Gasteiger partial charge >= 0.3 is 5.97 Å². The molecule has 0 atom stereocenters. The highest BCUT2D eigenvalue weighted by atomic mass is 16.5. The predicted molar refractivity (Wildman–Crippen MR) is 127 cm³/mol. The number of methoxy groups -OCH3 is 1. The third kappa shape index (κ3) is 23.7.